The molecular weight excluding hydrogens is 214 g/mol. The van der Waals surface area contributed by atoms with Crippen LogP contribution in [0.15, 0.2) is 12.1 Å². The molecule has 0 fully saturated rings. The molecule has 6 nitrogen and oxygen atoms in total. The maximum absolute atomic E-state index is 10.9. The molecule has 1 heterocycles. The Morgan fingerprint density at radius 1 is 1.62 bits per heavy atom. The van der Waals surface area contributed by atoms with Gasteiger partial charge in [0.25, 0.3) is 5.69 Å². The van der Waals surface area contributed by atoms with Crippen molar-refractivity contribution in [2.45, 2.75) is 19.4 Å². The minimum Gasteiger partial charge on any atom is -0.489 e. The average molecular weight is 223 g/mol. The molecular formula is C10H9NO5. The fraction of sp³-hybridized carbons (Fsp3) is 0.300. The zero-order valence-electron chi connectivity index (χ0n) is 8.47. The van der Waals surface area contributed by atoms with Gasteiger partial charge in [0.1, 0.15) is 17.4 Å². The van der Waals surface area contributed by atoms with Crippen LogP contribution in [0.25, 0.3) is 0 Å². The molecule has 1 atom stereocenters. The van der Waals surface area contributed by atoms with E-state index in [9.17, 15) is 14.9 Å². The van der Waals surface area contributed by atoms with Crippen LogP contribution in [0.4, 0.5) is 5.69 Å². The van der Waals surface area contributed by atoms with E-state index in [0.717, 1.165) is 6.07 Å². The minimum absolute atomic E-state index is 0.143. The fourth-order valence-corrected chi connectivity index (χ4v) is 1.78. The third kappa shape index (κ3) is 1.58. The van der Waals surface area contributed by atoms with Gasteiger partial charge in [-0.1, -0.05) is 0 Å². The van der Waals surface area contributed by atoms with Crippen molar-refractivity contribution in [3.05, 3.63) is 33.4 Å². The Kier molecular flexibility index (Phi) is 2.26. The van der Waals surface area contributed by atoms with Gasteiger partial charge in [-0.2, -0.15) is 0 Å². The number of ether oxygens (including phenoxy) is 1. The lowest BCUT2D eigenvalue weighted by molar-refractivity contribution is -0.384. The molecule has 84 valence electrons. The molecule has 6 heteroatoms. The molecule has 1 aromatic rings. The quantitative estimate of drug-likeness (QED) is 0.607. The summed E-state index contributed by atoms with van der Waals surface area (Å²) in [6.45, 7) is 1.79. The van der Waals surface area contributed by atoms with Crippen molar-refractivity contribution in [2.75, 3.05) is 0 Å². The fourth-order valence-electron chi connectivity index (χ4n) is 1.78. The highest BCUT2D eigenvalue weighted by atomic mass is 16.6. The summed E-state index contributed by atoms with van der Waals surface area (Å²) < 4.78 is 5.33. The Labute approximate surface area is 90.6 Å². The first-order chi connectivity index (χ1) is 7.49. The third-order valence-corrected chi connectivity index (χ3v) is 2.42. The van der Waals surface area contributed by atoms with Crippen molar-refractivity contribution in [1.29, 1.82) is 0 Å². The van der Waals surface area contributed by atoms with Crippen LogP contribution >= 0.6 is 0 Å². The Balaban J connectivity index is 2.60. The second-order valence-electron chi connectivity index (χ2n) is 3.68. The van der Waals surface area contributed by atoms with E-state index >= 15 is 0 Å². The Hall–Kier alpha value is -2.11. The van der Waals surface area contributed by atoms with Crippen molar-refractivity contribution in [2.24, 2.45) is 0 Å². The van der Waals surface area contributed by atoms with Gasteiger partial charge in [0.2, 0.25) is 0 Å². The summed E-state index contributed by atoms with van der Waals surface area (Å²) in [4.78, 5) is 21.0. The Morgan fingerprint density at radius 2 is 2.31 bits per heavy atom. The topological polar surface area (TPSA) is 89.7 Å². The lowest BCUT2D eigenvalue weighted by Crippen LogP contribution is -2.07. The highest BCUT2D eigenvalue weighted by Gasteiger charge is 2.28. The summed E-state index contributed by atoms with van der Waals surface area (Å²) in [7, 11) is 0. The number of nitro groups is 1. The number of rotatable bonds is 2. The van der Waals surface area contributed by atoms with E-state index in [1.807, 2.05) is 0 Å². The largest absolute Gasteiger partial charge is 0.489 e. The second-order valence-corrected chi connectivity index (χ2v) is 3.68. The maximum atomic E-state index is 10.9. The number of benzene rings is 1. The van der Waals surface area contributed by atoms with Gasteiger partial charge < -0.3 is 9.84 Å². The van der Waals surface area contributed by atoms with E-state index in [0.29, 0.717) is 12.0 Å². The highest BCUT2D eigenvalue weighted by molar-refractivity contribution is 5.92. The molecule has 0 unspecified atom stereocenters. The van der Waals surface area contributed by atoms with Crippen LogP contribution in [0.5, 0.6) is 5.75 Å². The summed E-state index contributed by atoms with van der Waals surface area (Å²) >= 11 is 0. The van der Waals surface area contributed by atoms with Gasteiger partial charge in [0, 0.05) is 24.1 Å². The first-order valence-electron chi connectivity index (χ1n) is 4.70. The van der Waals surface area contributed by atoms with Crippen LogP contribution in [-0.4, -0.2) is 22.1 Å². The van der Waals surface area contributed by atoms with Gasteiger partial charge in [-0.15, -0.1) is 0 Å². The summed E-state index contributed by atoms with van der Waals surface area (Å²) in [5.41, 5.74) is 0.224. The Morgan fingerprint density at radius 3 is 2.88 bits per heavy atom. The molecule has 0 radical (unpaired) electrons. The van der Waals surface area contributed by atoms with E-state index in [1.165, 1.54) is 6.07 Å². The molecule has 0 spiro atoms. The van der Waals surface area contributed by atoms with Crippen molar-refractivity contribution >= 4 is 11.7 Å². The molecule has 0 saturated carbocycles. The van der Waals surface area contributed by atoms with E-state index in [-0.39, 0.29) is 23.1 Å². The second kappa shape index (κ2) is 3.48. The normalized spacial score (nSPS) is 17.7. The van der Waals surface area contributed by atoms with Crippen LogP contribution in [-0.2, 0) is 6.42 Å². The van der Waals surface area contributed by atoms with E-state index in [2.05, 4.69) is 0 Å². The molecule has 0 bridgehead atoms. The molecule has 0 aromatic heterocycles. The van der Waals surface area contributed by atoms with Gasteiger partial charge >= 0.3 is 5.97 Å². The smallest absolute Gasteiger partial charge is 0.339 e. The molecule has 0 saturated heterocycles. The van der Waals surface area contributed by atoms with Crippen LogP contribution in [0.3, 0.4) is 0 Å². The lowest BCUT2D eigenvalue weighted by atomic mass is 10.1. The first-order valence-corrected chi connectivity index (χ1v) is 4.70. The van der Waals surface area contributed by atoms with Gasteiger partial charge in [-0.3, -0.25) is 10.1 Å². The average Bonchev–Trinajstić information content (AvgIpc) is 2.55. The minimum atomic E-state index is -1.21. The standard InChI is InChI=1S/C10H9NO5/c1-5-2-6-3-7(11(14)15)4-8(10(12)13)9(6)16-5/h3-5H,2H2,1H3,(H,12,13)/t5-/m0/s1. The summed E-state index contributed by atoms with van der Waals surface area (Å²) in [6.07, 6.45) is 0.354. The van der Waals surface area contributed by atoms with Crippen LogP contribution in [0.2, 0.25) is 0 Å². The molecule has 16 heavy (non-hydrogen) atoms. The lowest BCUT2D eigenvalue weighted by Gasteiger charge is -2.05. The number of non-ortho nitro benzene ring substituents is 1. The number of hydrogen-bond acceptors (Lipinski definition) is 4. The van der Waals surface area contributed by atoms with Crippen molar-refractivity contribution in [3.63, 3.8) is 0 Å². The van der Waals surface area contributed by atoms with Crippen LogP contribution in [0.1, 0.15) is 22.8 Å². The van der Waals surface area contributed by atoms with Crippen LogP contribution in [0, 0.1) is 10.1 Å². The SMILES string of the molecule is C[C@H]1Cc2cc([N+](=O)[O-])cc(C(=O)O)c2O1. The predicted molar refractivity (Wildman–Crippen MR) is 53.8 cm³/mol. The predicted octanol–water partition coefficient (Wildman–Crippen LogP) is 1.62. The van der Waals surface area contributed by atoms with Gasteiger partial charge in [0.15, 0.2) is 0 Å². The number of nitro benzene ring substituents is 1. The molecule has 1 aromatic carbocycles. The molecule has 1 N–H and O–H groups in total. The summed E-state index contributed by atoms with van der Waals surface area (Å²) in [5.74, 6) is -0.959. The third-order valence-electron chi connectivity index (χ3n) is 2.42. The molecule has 2 rings (SSSR count). The number of nitrogens with zero attached hydrogens (tertiary/aromatic N) is 1. The number of fused-ring (bicyclic) bond motifs is 1. The zero-order chi connectivity index (χ0) is 11.9. The first kappa shape index (κ1) is 10.4. The number of aromatic carboxylic acids is 1. The van der Waals surface area contributed by atoms with Gasteiger partial charge in [0.05, 0.1) is 4.92 Å². The van der Waals surface area contributed by atoms with Crippen molar-refractivity contribution in [1.82, 2.24) is 0 Å². The van der Waals surface area contributed by atoms with Crippen molar-refractivity contribution in [3.8, 4) is 5.75 Å². The van der Waals surface area contributed by atoms with E-state index < -0.39 is 10.9 Å². The van der Waals surface area contributed by atoms with Gasteiger partial charge in [-0.25, -0.2) is 4.79 Å². The van der Waals surface area contributed by atoms with Crippen LogP contribution < -0.4 is 4.74 Å². The number of carboxylic acid groups (broad SMARTS) is 1. The Bertz CT molecular complexity index is 482. The number of hydrogen-bond donors (Lipinski definition) is 1. The van der Waals surface area contributed by atoms with Crippen molar-refractivity contribution < 1.29 is 19.6 Å². The maximum Gasteiger partial charge on any atom is 0.339 e. The molecule has 1 aliphatic rings. The molecule has 0 amide bonds. The summed E-state index contributed by atoms with van der Waals surface area (Å²) in [6, 6.07) is 2.39. The number of carbonyl (C=O) groups is 1. The summed E-state index contributed by atoms with van der Waals surface area (Å²) in [5, 5.41) is 19.6. The number of carboxylic acids is 1. The van der Waals surface area contributed by atoms with E-state index in [1.54, 1.807) is 6.92 Å². The molecule has 0 aliphatic carbocycles. The monoisotopic (exact) mass is 223 g/mol. The zero-order valence-corrected chi connectivity index (χ0v) is 8.47. The highest BCUT2D eigenvalue weighted by Crippen LogP contribution is 2.35. The molecule has 1 aliphatic heterocycles. The van der Waals surface area contributed by atoms with E-state index in [4.69, 9.17) is 9.84 Å². The van der Waals surface area contributed by atoms with Gasteiger partial charge in [-0.05, 0) is 6.92 Å².